The molecule has 0 aliphatic rings. The predicted molar refractivity (Wildman–Crippen MR) is 65.4 cm³/mol. The molecular weight excluding hydrogens is 198 g/mol. The number of hydrogen-bond acceptors (Lipinski definition) is 2. The van der Waals surface area contributed by atoms with Crippen LogP contribution in [0.5, 0.6) is 5.75 Å². The predicted octanol–water partition coefficient (Wildman–Crippen LogP) is 3.11. The average Bonchev–Trinajstić information content (AvgIpc) is 2.39. The molecule has 1 N–H and O–H groups in total. The van der Waals surface area contributed by atoms with Crippen LogP contribution in [0.15, 0.2) is 54.6 Å². The Morgan fingerprint density at radius 3 is 2.00 bits per heavy atom. The SMILES string of the molecule is COc1ccc(C(=N)c2ccccc2)cc1. The van der Waals surface area contributed by atoms with Crippen molar-refractivity contribution >= 4 is 5.71 Å². The highest BCUT2D eigenvalue weighted by Crippen LogP contribution is 2.14. The van der Waals surface area contributed by atoms with E-state index in [1.54, 1.807) is 7.11 Å². The van der Waals surface area contributed by atoms with Gasteiger partial charge in [-0.3, -0.25) is 5.41 Å². The molecule has 0 radical (unpaired) electrons. The fourth-order valence-electron chi connectivity index (χ4n) is 1.53. The molecule has 0 saturated carbocycles. The van der Waals surface area contributed by atoms with Crippen molar-refractivity contribution < 1.29 is 4.74 Å². The van der Waals surface area contributed by atoms with Gasteiger partial charge < -0.3 is 4.74 Å². The van der Waals surface area contributed by atoms with Crippen molar-refractivity contribution in [3.63, 3.8) is 0 Å². The van der Waals surface area contributed by atoms with Gasteiger partial charge in [0.2, 0.25) is 0 Å². The van der Waals surface area contributed by atoms with E-state index in [1.807, 2.05) is 54.6 Å². The van der Waals surface area contributed by atoms with Gasteiger partial charge in [0.1, 0.15) is 5.75 Å². The molecule has 0 atom stereocenters. The highest BCUT2D eigenvalue weighted by atomic mass is 16.5. The molecule has 2 rings (SSSR count). The first-order valence-electron chi connectivity index (χ1n) is 5.09. The summed E-state index contributed by atoms with van der Waals surface area (Å²) < 4.78 is 5.08. The molecule has 0 aliphatic carbocycles. The van der Waals surface area contributed by atoms with Crippen LogP contribution >= 0.6 is 0 Å². The Labute approximate surface area is 95.0 Å². The van der Waals surface area contributed by atoms with Crippen LogP contribution in [0.3, 0.4) is 0 Å². The Balaban J connectivity index is 2.28. The van der Waals surface area contributed by atoms with Gasteiger partial charge in [0, 0.05) is 5.56 Å². The highest BCUT2D eigenvalue weighted by molar-refractivity contribution is 6.10. The van der Waals surface area contributed by atoms with Crippen molar-refractivity contribution in [2.75, 3.05) is 7.11 Å². The Morgan fingerprint density at radius 1 is 0.875 bits per heavy atom. The number of benzene rings is 2. The quantitative estimate of drug-likeness (QED) is 0.777. The van der Waals surface area contributed by atoms with Crippen molar-refractivity contribution in [1.29, 1.82) is 5.41 Å². The van der Waals surface area contributed by atoms with Crippen LogP contribution in [0.1, 0.15) is 11.1 Å². The molecule has 16 heavy (non-hydrogen) atoms. The van der Waals surface area contributed by atoms with E-state index in [2.05, 4.69) is 0 Å². The molecule has 0 bridgehead atoms. The number of rotatable bonds is 3. The maximum absolute atomic E-state index is 8.06. The number of ether oxygens (including phenoxy) is 1. The molecule has 0 aliphatic heterocycles. The molecule has 2 aromatic carbocycles. The third-order valence-electron chi connectivity index (χ3n) is 2.44. The van der Waals surface area contributed by atoms with Crippen molar-refractivity contribution in [2.24, 2.45) is 0 Å². The molecule has 0 saturated heterocycles. The second kappa shape index (κ2) is 4.62. The van der Waals surface area contributed by atoms with Crippen molar-refractivity contribution in [3.05, 3.63) is 65.7 Å². The summed E-state index contributed by atoms with van der Waals surface area (Å²) >= 11 is 0. The first-order chi connectivity index (χ1) is 7.81. The molecular formula is C14H13NO. The zero-order valence-corrected chi connectivity index (χ0v) is 9.10. The van der Waals surface area contributed by atoms with E-state index in [9.17, 15) is 0 Å². The minimum Gasteiger partial charge on any atom is -0.497 e. The summed E-state index contributed by atoms with van der Waals surface area (Å²) in [6.45, 7) is 0. The summed E-state index contributed by atoms with van der Waals surface area (Å²) in [6, 6.07) is 17.2. The van der Waals surface area contributed by atoms with Gasteiger partial charge in [0.25, 0.3) is 0 Å². The molecule has 0 aromatic heterocycles. The molecule has 0 unspecified atom stereocenters. The molecule has 2 nitrogen and oxygen atoms in total. The normalized spacial score (nSPS) is 9.81. The monoisotopic (exact) mass is 211 g/mol. The first kappa shape index (κ1) is 10.4. The molecule has 0 spiro atoms. The highest BCUT2D eigenvalue weighted by Gasteiger charge is 2.03. The summed E-state index contributed by atoms with van der Waals surface area (Å²) in [6.07, 6.45) is 0. The smallest absolute Gasteiger partial charge is 0.118 e. The Morgan fingerprint density at radius 2 is 1.44 bits per heavy atom. The lowest BCUT2D eigenvalue weighted by Crippen LogP contribution is -2.00. The number of hydrogen-bond donors (Lipinski definition) is 1. The van der Waals surface area contributed by atoms with Gasteiger partial charge in [-0.15, -0.1) is 0 Å². The van der Waals surface area contributed by atoms with E-state index in [4.69, 9.17) is 10.1 Å². The first-order valence-corrected chi connectivity index (χ1v) is 5.09. The van der Waals surface area contributed by atoms with Crippen LogP contribution in [0, 0.1) is 5.41 Å². The zero-order valence-electron chi connectivity index (χ0n) is 9.10. The van der Waals surface area contributed by atoms with Crippen LogP contribution < -0.4 is 4.74 Å². The molecule has 0 heterocycles. The third-order valence-corrected chi connectivity index (χ3v) is 2.44. The molecule has 2 heteroatoms. The van der Waals surface area contributed by atoms with E-state index >= 15 is 0 Å². The summed E-state index contributed by atoms with van der Waals surface area (Å²) in [7, 11) is 1.64. The lowest BCUT2D eigenvalue weighted by Gasteiger charge is -2.05. The largest absolute Gasteiger partial charge is 0.497 e. The lowest BCUT2D eigenvalue weighted by molar-refractivity contribution is 0.415. The van der Waals surface area contributed by atoms with E-state index in [-0.39, 0.29) is 0 Å². The summed E-state index contributed by atoms with van der Waals surface area (Å²) in [4.78, 5) is 0. The van der Waals surface area contributed by atoms with Crippen molar-refractivity contribution in [1.82, 2.24) is 0 Å². The van der Waals surface area contributed by atoms with Crippen LogP contribution in [0.2, 0.25) is 0 Å². The second-order valence-electron chi connectivity index (χ2n) is 3.47. The van der Waals surface area contributed by atoms with Gasteiger partial charge in [-0.25, -0.2) is 0 Å². The molecule has 2 aromatic rings. The fourth-order valence-corrected chi connectivity index (χ4v) is 1.53. The molecule has 0 fully saturated rings. The van der Waals surface area contributed by atoms with Gasteiger partial charge in [-0.1, -0.05) is 30.3 Å². The van der Waals surface area contributed by atoms with Gasteiger partial charge in [-0.05, 0) is 29.8 Å². The molecule has 0 amide bonds. The lowest BCUT2D eigenvalue weighted by atomic mass is 10.0. The average molecular weight is 211 g/mol. The third kappa shape index (κ3) is 2.11. The number of nitrogens with one attached hydrogen (secondary N) is 1. The van der Waals surface area contributed by atoms with E-state index in [0.29, 0.717) is 5.71 Å². The van der Waals surface area contributed by atoms with Crippen molar-refractivity contribution in [2.45, 2.75) is 0 Å². The van der Waals surface area contributed by atoms with Crippen LogP contribution in [0.4, 0.5) is 0 Å². The maximum Gasteiger partial charge on any atom is 0.118 e. The van der Waals surface area contributed by atoms with E-state index in [1.165, 1.54) is 0 Å². The standard InChI is InChI=1S/C14H13NO/c1-16-13-9-7-12(8-10-13)14(15)11-5-3-2-4-6-11/h2-10,15H,1H3. The van der Waals surface area contributed by atoms with E-state index in [0.717, 1.165) is 16.9 Å². The Hall–Kier alpha value is -2.09. The minimum absolute atomic E-state index is 0.531. The van der Waals surface area contributed by atoms with Crippen LogP contribution in [0.25, 0.3) is 0 Å². The van der Waals surface area contributed by atoms with Gasteiger partial charge >= 0.3 is 0 Å². The minimum atomic E-state index is 0.531. The molecule has 80 valence electrons. The Kier molecular flexibility index (Phi) is 3.01. The van der Waals surface area contributed by atoms with Crippen molar-refractivity contribution in [3.8, 4) is 5.75 Å². The van der Waals surface area contributed by atoms with Crippen LogP contribution in [-0.4, -0.2) is 12.8 Å². The summed E-state index contributed by atoms with van der Waals surface area (Å²) in [5.74, 6) is 0.810. The maximum atomic E-state index is 8.06. The van der Waals surface area contributed by atoms with Gasteiger partial charge in [0.15, 0.2) is 0 Å². The Bertz CT molecular complexity index is 474. The fraction of sp³-hybridized carbons (Fsp3) is 0.0714. The summed E-state index contributed by atoms with van der Waals surface area (Å²) in [5, 5.41) is 8.06. The van der Waals surface area contributed by atoms with Gasteiger partial charge in [0.05, 0.1) is 12.8 Å². The topological polar surface area (TPSA) is 33.1 Å². The van der Waals surface area contributed by atoms with Gasteiger partial charge in [-0.2, -0.15) is 0 Å². The van der Waals surface area contributed by atoms with Crippen LogP contribution in [-0.2, 0) is 0 Å². The number of methoxy groups -OCH3 is 1. The van der Waals surface area contributed by atoms with E-state index < -0.39 is 0 Å². The zero-order chi connectivity index (χ0) is 11.4. The second-order valence-corrected chi connectivity index (χ2v) is 3.47. The summed E-state index contributed by atoms with van der Waals surface area (Å²) in [5.41, 5.74) is 2.35.